The molecule has 1 aliphatic rings. The van der Waals surface area contributed by atoms with E-state index in [1.807, 2.05) is 0 Å². The van der Waals surface area contributed by atoms with Crippen LogP contribution in [0, 0.1) is 11.6 Å². The molecule has 0 radical (unpaired) electrons. The molecule has 6 nitrogen and oxygen atoms in total. The van der Waals surface area contributed by atoms with E-state index in [0.29, 0.717) is 50.4 Å². The molecule has 0 saturated carbocycles. The van der Waals surface area contributed by atoms with E-state index in [0.717, 1.165) is 12.1 Å². The van der Waals surface area contributed by atoms with Gasteiger partial charge in [0.2, 0.25) is 10.0 Å². The van der Waals surface area contributed by atoms with Crippen LogP contribution >= 0.6 is 0 Å². The highest BCUT2D eigenvalue weighted by molar-refractivity contribution is 7.89. The molecule has 0 aliphatic carbocycles. The number of aliphatic imine (C=N–C) groups is 1. The molecule has 0 atom stereocenters. The summed E-state index contributed by atoms with van der Waals surface area (Å²) in [6.07, 6.45) is 1.72. The van der Waals surface area contributed by atoms with Gasteiger partial charge in [-0.15, -0.1) is 0 Å². The average molecular weight is 388 g/mol. The maximum atomic E-state index is 13.6. The first kappa shape index (κ1) is 20.6. The lowest BCUT2D eigenvalue weighted by atomic mass is 10.1. The van der Waals surface area contributed by atoms with Crippen LogP contribution in [-0.4, -0.2) is 57.2 Å². The van der Waals surface area contributed by atoms with Gasteiger partial charge in [-0.2, -0.15) is 0 Å². The van der Waals surface area contributed by atoms with E-state index in [4.69, 9.17) is 0 Å². The molecule has 0 unspecified atom stereocenters. The molecule has 146 valence electrons. The van der Waals surface area contributed by atoms with Gasteiger partial charge in [-0.05, 0) is 49.9 Å². The fourth-order valence-electron chi connectivity index (χ4n) is 2.90. The molecule has 26 heavy (non-hydrogen) atoms. The Morgan fingerprint density at radius 3 is 2.62 bits per heavy atom. The third-order valence-electron chi connectivity index (χ3n) is 4.47. The van der Waals surface area contributed by atoms with Crippen LogP contribution in [0.2, 0.25) is 0 Å². The smallest absolute Gasteiger partial charge is 0.213 e. The van der Waals surface area contributed by atoms with Crippen molar-refractivity contribution in [2.75, 3.05) is 32.4 Å². The predicted octanol–water partition coefficient (Wildman–Crippen LogP) is 1.49. The van der Waals surface area contributed by atoms with E-state index in [-0.39, 0.29) is 11.8 Å². The number of nitrogens with one attached hydrogen (secondary N) is 2. The lowest BCUT2D eigenvalue weighted by molar-refractivity contribution is 0.306. The number of hydrogen-bond acceptors (Lipinski definition) is 3. The van der Waals surface area contributed by atoms with Gasteiger partial charge in [0.05, 0.1) is 5.75 Å². The summed E-state index contributed by atoms with van der Waals surface area (Å²) < 4.78 is 52.1. The van der Waals surface area contributed by atoms with Gasteiger partial charge in [-0.1, -0.05) is 0 Å². The summed E-state index contributed by atoms with van der Waals surface area (Å²) in [5.74, 6) is -0.206. The van der Waals surface area contributed by atoms with Crippen LogP contribution in [0.25, 0.3) is 0 Å². The van der Waals surface area contributed by atoms with Gasteiger partial charge < -0.3 is 10.6 Å². The number of guanidine groups is 1. The molecular formula is C17H26F2N4O2S. The standard InChI is InChI=1S/C17H26F2N4O2S/c1-3-26(24,25)23-10-7-15(8-11-23)22-17(20-2)21-9-6-13-12-14(18)4-5-16(13)19/h4-5,12,15H,3,6-11H2,1-2H3,(H2,20,21,22). The highest BCUT2D eigenvalue weighted by Gasteiger charge is 2.26. The van der Waals surface area contributed by atoms with Crippen molar-refractivity contribution in [3.05, 3.63) is 35.4 Å². The van der Waals surface area contributed by atoms with E-state index in [2.05, 4.69) is 15.6 Å². The minimum absolute atomic E-state index is 0.116. The molecule has 2 rings (SSSR count). The van der Waals surface area contributed by atoms with Crippen LogP contribution in [0.3, 0.4) is 0 Å². The number of hydrogen-bond donors (Lipinski definition) is 2. The maximum absolute atomic E-state index is 13.6. The third-order valence-corrected chi connectivity index (χ3v) is 6.35. The molecule has 0 aromatic heterocycles. The zero-order chi connectivity index (χ0) is 19.2. The summed E-state index contributed by atoms with van der Waals surface area (Å²) in [7, 11) is -1.50. The highest BCUT2D eigenvalue weighted by Crippen LogP contribution is 2.14. The summed E-state index contributed by atoms with van der Waals surface area (Å²) in [5, 5.41) is 6.34. The minimum atomic E-state index is -3.14. The van der Waals surface area contributed by atoms with Crippen molar-refractivity contribution < 1.29 is 17.2 Å². The van der Waals surface area contributed by atoms with Gasteiger partial charge in [0.1, 0.15) is 11.6 Å². The summed E-state index contributed by atoms with van der Waals surface area (Å²) in [5.41, 5.74) is 0.311. The SMILES string of the molecule is CCS(=O)(=O)N1CCC(NC(=NC)NCCc2cc(F)ccc2F)CC1. The fourth-order valence-corrected chi connectivity index (χ4v) is 4.03. The topological polar surface area (TPSA) is 73.8 Å². The van der Waals surface area contributed by atoms with Crippen molar-refractivity contribution in [1.82, 2.24) is 14.9 Å². The lowest BCUT2D eigenvalue weighted by Gasteiger charge is -2.32. The summed E-state index contributed by atoms with van der Waals surface area (Å²) >= 11 is 0. The van der Waals surface area contributed by atoms with E-state index in [9.17, 15) is 17.2 Å². The van der Waals surface area contributed by atoms with Crippen molar-refractivity contribution in [1.29, 1.82) is 0 Å². The van der Waals surface area contributed by atoms with Crippen molar-refractivity contribution in [2.45, 2.75) is 32.2 Å². The first-order valence-corrected chi connectivity index (χ1v) is 10.4. The van der Waals surface area contributed by atoms with Crippen LogP contribution in [0.15, 0.2) is 23.2 Å². The van der Waals surface area contributed by atoms with Gasteiger partial charge in [0.15, 0.2) is 5.96 Å². The highest BCUT2D eigenvalue weighted by atomic mass is 32.2. The molecule has 1 fully saturated rings. The molecule has 0 spiro atoms. The predicted molar refractivity (Wildman–Crippen MR) is 98.6 cm³/mol. The average Bonchev–Trinajstić information content (AvgIpc) is 2.64. The Balaban J connectivity index is 1.79. The Morgan fingerprint density at radius 2 is 2.00 bits per heavy atom. The van der Waals surface area contributed by atoms with Crippen LogP contribution in [0.5, 0.6) is 0 Å². The maximum Gasteiger partial charge on any atom is 0.213 e. The van der Waals surface area contributed by atoms with Gasteiger partial charge in [0, 0.05) is 32.7 Å². The molecule has 2 N–H and O–H groups in total. The quantitative estimate of drug-likeness (QED) is 0.572. The Bertz CT molecular complexity index is 732. The van der Waals surface area contributed by atoms with E-state index in [1.165, 1.54) is 10.4 Å². The van der Waals surface area contributed by atoms with Gasteiger partial charge in [-0.25, -0.2) is 21.5 Å². The molecule has 1 aromatic rings. The minimum Gasteiger partial charge on any atom is -0.356 e. The Kier molecular flexibility index (Phi) is 7.33. The molecule has 1 heterocycles. The summed E-state index contributed by atoms with van der Waals surface area (Å²) in [6.45, 7) is 3.02. The third kappa shape index (κ3) is 5.63. The van der Waals surface area contributed by atoms with E-state index < -0.39 is 21.7 Å². The molecule has 0 amide bonds. The first-order chi connectivity index (χ1) is 12.4. The van der Waals surface area contributed by atoms with E-state index in [1.54, 1.807) is 14.0 Å². The van der Waals surface area contributed by atoms with Crippen molar-refractivity contribution in [3.63, 3.8) is 0 Å². The fraction of sp³-hybridized carbons (Fsp3) is 0.588. The normalized spacial score (nSPS) is 17.3. The van der Waals surface area contributed by atoms with Crippen molar-refractivity contribution in [3.8, 4) is 0 Å². The summed E-state index contributed by atoms with van der Waals surface area (Å²) in [6, 6.07) is 3.53. The van der Waals surface area contributed by atoms with Gasteiger partial charge in [-0.3, -0.25) is 4.99 Å². The second-order valence-corrected chi connectivity index (χ2v) is 8.46. The first-order valence-electron chi connectivity index (χ1n) is 8.74. The van der Waals surface area contributed by atoms with Crippen LogP contribution in [-0.2, 0) is 16.4 Å². The number of benzene rings is 1. The Morgan fingerprint density at radius 1 is 1.31 bits per heavy atom. The van der Waals surface area contributed by atoms with Crippen LogP contribution in [0.4, 0.5) is 8.78 Å². The van der Waals surface area contributed by atoms with Crippen molar-refractivity contribution in [2.24, 2.45) is 4.99 Å². The van der Waals surface area contributed by atoms with E-state index >= 15 is 0 Å². The molecule has 1 aromatic carbocycles. The zero-order valence-electron chi connectivity index (χ0n) is 15.1. The zero-order valence-corrected chi connectivity index (χ0v) is 16.0. The second-order valence-electron chi connectivity index (χ2n) is 6.20. The lowest BCUT2D eigenvalue weighted by Crippen LogP contribution is -2.50. The number of piperidine rings is 1. The number of sulfonamides is 1. The molecule has 9 heteroatoms. The largest absolute Gasteiger partial charge is 0.356 e. The monoisotopic (exact) mass is 388 g/mol. The van der Waals surface area contributed by atoms with Crippen molar-refractivity contribution >= 4 is 16.0 Å². The van der Waals surface area contributed by atoms with Crippen LogP contribution in [0.1, 0.15) is 25.3 Å². The molecule has 1 saturated heterocycles. The van der Waals surface area contributed by atoms with Gasteiger partial charge in [0.25, 0.3) is 0 Å². The second kappa shape index (κ2) is 9.27. The Labute approximate surface area is 153 Å². The summed E-state index contributed by atoms with van der Waals surface area (Å²) in [4.78, 5) is 4.13. The van der Waals surface area contributed by atoms with Crippen LogP contribution < -0.4 is 10.6 Å². The van der Waals surface area contributed by atoms with Gasteiger partial charge >= 0.3 is 0 Å². The molecular weight excluding hydrogens is 362 g/mol. The Hall–Kier alpha value is -1.74. The molecule has 0 bridgehead atoms. The number of halogens is 2. The molecule has 1 aliphatic heterocycles. The number of nitrogens with zero attached hydrogens (tertiary/aromatic N) is 2. The number of rotatable bonds is 6.